The van der Waals surface area contributed by atoms with Crippen molar-refractivity contribution in [2.45, 2.75) is 4.90 Å². The van der Waals surface area contributed by atoms with E-state index in [4.69, 9.17) is 0 Å². The Morgan fingerprint density at radius 1 is 0.619 bits per heavy atom. The molecule has 2 aromatic rings. The van der Waals surface area contributed by atoms with Gasteiger partial charge in [0.15, 0.2) is 0 Å². The number of aliphatic imine (C=N–C) groups is 1. The molecule has 0 spiro atoms. The topological polar surface area (TPSA) is 24.7 Å². The van der Waals surface area contributed by atoms with Crippen molar-refractivity contribution in [2.75, 3.05) is 0 Å². The van der Waals surface area contributed by atoms with E-state index in [2.05, 4.69) is 9.39 Å². The second-order valence-electron chi connectivity index (χ2n) is 4.46. The number of hydrogen-bond acceptors (Lipinski definition) is 3. The fourth-order valence-corrected chi connectivity index (χ4v) is 2.44. The second-order valence-corrected chi connectivity index (χ2v) is 5.30. The molecular formula is C18H14N2S. The first-order valence-electron chi connectivity index (χ1n) is 6.70. The Balaban J connectivity index is 1.67. The molecule has 0 unspecified atom stereocenters. The molecule has 0 heterocycles. The SMILES string of the molecule is C1=CC(=Nc2ccccc2)C=CC1=NSc1ccccc1. The van der Waals surface area contributed by atoms with Crippen LogP contribution in [-0.2, 0) is 0 Å². The molecule has 0 saturated carbocycles. The Hall–Kier alpha value is -2.39. The number of benzene rings is 2. The molecule has 0 radical (unpaired) electrons. The van der Waals surface area contributed by atoms with Gasteiger partial charge >= 0.3 is 0 Å². The molecule has 0 amide bonds. The highest BCUT2D eigenvalue weighted by atomic mass is 32.2. The lowest BCUT2D eigenvalue weighted by Gasteiger charge is -2.02. The number of para-hydroxylation sites is 1. The summed E-state index contributed by atoms with van der Waals surface area (Å²) in [6, 6.07) is 20.1. The zero-order valence-corrected chi connectivity index (χ0v) is 12.2. The van der Waals surface area contributed by atoms with Gasteiger partial charge in [-0.3, -0.25) is 0 Å². The standard InChI is InChI=1S/C18H14N2S/c1-3-7-15(8-4-1)19-16-11-13-17(14-12-16)20-21-18-9-5-2-6-10-18/h1-14H. The van der Waals surface area contributed by atoms with Crippen molar-refractivity contribution in [1.29, 1.82) is 0 Å². The van der Waals surface area contributed by atoms with Crippen molar-refractivity contribution in [1.82, 2.24) is 0 Å². The smallest absolute Gasteiger partial charge is 0.0718 e. The number of rotatable bonds is 3. The van der Waals surface area contributed by atoms with Gasteiger partial charge in [0.1, 0.15) is 0 Å². The highest BCUT2D eigenvalue weighted by Gasteiger charge is 2.00. The Labute approximate surface area is 128 Å². The number of nitrogens with zero attached hydrogens (tertiary/aromatic N) is 2. The first-order valence-corrected chi connectivity index (χ1v) is 7.47. The van der Waals surface area contributed by atoms with Gasteiger partial charge in [-0.25, -0.2) is 9.39 Å². The molecule has 0 aliphatic heterocycles. The van der Waals surface area contributed by atoms with E-state index < -0.39 is 0 Å². The lowest BCUT2D eigenvalue weighted by molar-refractivity contribution is 1.46. The van der Waals surface area contributed by atoms with Crippen molar-refractivity contribution in [3.8, 4) is 0 Å². The van der Waals surface area contributed by atoms with Crippen LogP contribution in [0.2, 0.25) is 0 Å². The molecule has 0 bridgehead atoms. The van der Waals surface area contributed by atoms with Crippen LogP contribution in [0.3, 0.4) is 0 Å². The summed E-state index contributed by atoms with van der Waals surface area (Å²) in [7, 11) is 0. The van der Waals surface area contributed by atoms with Gasteiger partial charge in [0.2, 0.25) is 0 Å². The molecule has 0 N–H and O–H groups in total. The molecule has 0 fully saturated rings. The van der Waals surface area contributed by atoms with Gasteiger partial charge < -0.3 is 0 Å². The van der Waals surface area contributed by atoms with Crippen LogP contribution in [0.15, 0.2) is 99.3 Å². The monoisotopic (exact) mass is 290 g/mol. The first-order chi connectivity index (χ1) is 10.4. The minimum Gasteiger partial charge on any atom is -0.249 e. The third-order valence-corrected chi connectivity index (χ3v) is 3.65. The summed E-state index contributed by atoms with van der Waals surface area (Å²) in [5, 5.41) is 0. The van der Waals surface area contributed by atoms with E-state index >= 15 is 0 Å². The highest BCUT2D eigenvalue weighted by Crippen LogP contribution is 2.19. The van der Waals surface area contributed by atoms with E-state index in [-0.39, 0.29) is 0 Å². The molecule has 1 aliphatic carbocycles. The average Bonchev–Trinajstić information content (AvgIpc) is 2.56. The minimum absolute atomic E-state index is 0.935. The van der Waals surface area contributed by atoms with Gasteiger partial charge in [0.05, 0.1) is 17.1 Å². The summed E-state index contributed by atoms with van der Waals surface area (Å²) >= 11 is 1.48. The summed E-state index contributed by atoms with van der Waals surface area (Å²) in [6.07, 6.45) is 7.93. The minimum atomic E-state index is 0.935. The summed E-state index contributed by atoms with van der Waals surface area (Å²) < 4.78 is 4.50. The summed E-state index contributed by atoms with van der Waals surface area (Å²) in [4.78, 5) is 5.69. The first kappa shape index (κ1) is 13.6. The zero-order valence-electron chi connectivity index (χ0n) is 11.4. The van der Waals surface area contributed by atoms with Gasteiger partial charge in [-0.1, -0.05) is 36.4 Å². The third kappa shape index (κ3) is 4.04. The van der Waals surface area contributed by atoms with Gasteiger partial charge in [-0.05, 0) is 48.6 Å². The van der Waals surface area contributed by atoms with Gasteiger partial charge in [0, 0.05) is 16.8 Å². The van der Waals surface area contributed by atoms with Gasteiger partial charge in [-0.2, -0.15) is 0 Å². The lowest BCUT2D eigenvalue weighted by atomic mass is 10.1. The van der Waals surface area contributed by atoms with Crippen LogP contribution in [0.1, 0.15) is 0 Å². The lowest BCUT2D eigenvalue weighted by Crippen LogP contribution is -1.98. The number of allylic oxidation sites excluding steroid dienone is 4. The fraction of sp³-hybridized carbons (Fsp3) is 0. The second kappa shape index (κ2) is 6.86. The van der Waals surface area contributed by atoms with Crippen molar-refractivity contribution in [2.24, 2.45) is 9.39 Å². The predicted molar refractivity (Wildman–Crippen MR) is 91.6 cm³/mol. The Kier molecular flexibility index (Phi) is 4.44. The van der Waals surface area contributed by atoms with Crippen molar-refractivity contribution >= 4 is 29.1 Å². The maximum absolute atomic E-state index is 4.55. The largest absolute Gasteiger partial charge is 0.249 e. The fourth-order valence-electron chi connectivity index (χ4n) is 1.83. The van der Waals surface area contributed by atoms with E-state index in [0.29, 0.717) is 0 Å². The molecule has 3 heteroatoms. The predicted octanol–water partition coefficient (Wildman–Crippen LogP) is 5.03. The zero-order chi connectivity index (χ0) is 14.3. The van der Waals surface area contributed by atoms with E-state index in [0.717, 1.165) is 22.0 Å². The molecule has 1 aliphatic rings. The Morgan fingerprint density at radius 2 is 1.19 bits per heavy atom. The number of hydrogen-bond donors (Lipinski definition) is 0. The molecule has 0 atom stereocenters. The van der Waals surface area contributed by atoms with Crippen molar-refractivity contribution in [3.05, 3.63) is 85.0 Å². The quantitative estimate of drug-likeness (QED) is 0.574. The van der Waals surface area contributed by atoms with Crippen LogP contribution in [0, 0.1) is 0 Å². The van der Waals surface area contributed by atoms with Crippen molar-refractivity contribution in [3.63, 3.8) is 0 Å². The normalized spacial score (nSPS) is 13.3. The van der Waals surface area contributed by atoms with Crippen LogP contribution in [0.5, 0.6) is 0 Å². The molecule has 102 valence electrons. The van der Waals surface area contributed by atoms with Crippen molar-refractivity contribution < 1.29 is 0 Å². The summed E-state index contributed by atoms with van der Waals surface area (Å²) in [5.74, 6) is 0. The maximum atomic E-state index is 4.55. The molecule has 2 nitrogen and oxygen atoms in total. The average molecular weight is 290 g/mol. The van der Waals surface area contributed by atoms with Crippen LogP contribution in [0.4, 0.5) is 5.69 Å². The van der Waals surface area contributed by atoms with Crippen LogP contribution in [0.25, 0.3) is 0 Å². The third-order valence-electron chi connectivity index (χ3n) is 2.86. The van der Waals surface area contributed by atoms with Gasteiger partial charge in [-0.15, -0.1) is 0 Å². The molecule has 3 rings (SSSR count). The van der Waals surface area contributed by atoms with Gasteiger partial charge in [0.25, 0.3) is 0 Å². The Morgan fingerprint density at radius 3 is 1.86 bits per heavy atom. The van der Waals surface area contributed by atoms with E-state index in [1.165, 1.54) is 11.9 Å². The van der Waals surface area contributed by atoms with Crippen LogP contribution >= 0.6 is 11.9 Å². The molecule has 21 heavy (non-hydrogen) atoms. The summed E-state index contributed by atoms with van der Waals surface area (Å²) in [6.45, 7) is 0. The molecule has 0 saturated heterocycles. The molecule has 2 aromatic carbocycles. The van der Waals surface area contributed by atoms with Crippen LogP contribution < -0.4 is 0 Å². The maximum Gasteiger partial charge on any atom is 0.0718 e. The van der Waals surface area contributed by atoms with E-state index in [1.54, 1.807) is 0 Å². The highest BCUT2D eigenvalue weighted by molar-refractivity contribution is 7.98. The van der Waals surface area contributed by atoms with E-state index in [9.17, 15) is 0 Å². The van der Waals surface area contributed by atoms with E-state index in [1.807, 2.05) is 85.0 Å². The molecule has 0 aromatic heterocycles. The summed E-state index contributed by atoms with van der Waals surface area (Å²) in [5.41, 5.74) is 2.83. The Bertz CT molecular complexity index is 695. The van der Waals surface area contributed by atoms with Crippen LogP contribution in [-0.4, -0.2) is 11.4 Å². The molecular weight excluding hydrogens is 276 g/mol.